The summed E-state index contributed by atoms with van der Waals surface area (Å²) < 4.78 is 17.6. The van der Waals surface area contributed by atoms with E-state index in [0.29, 0.717) is 0 Å². The Balaban J connectivity index is 1.82. The molecule has 0 saturated carbocycles. The van der Waals surface area contributed by atoms with Gasteiger partial charge in [-0.2, -0.15) is 0 Å². The van der Waals surface area contributed by atoms with Crippen LogP contribution in [0.5, 0.6) is 0 Å². The fraction of sp³-hybridized carbons (Fsp3) is 0.769. The predicted molar refractivity (Wildman–Crippen MR) is 74.5 cm³/mol. The third-order valence-corrected chi connectivity index (χ3v) is 4.33. The first-order valence-electron chi connectivity index (χ1n) is 6.85. The first kappa shape index (κ1) is 14.2. The summed E-state index contributed by atoms with van der Waals surface area (Å²) in [5.74, 6) is -0.668. The van der Waals surface area contributed by atoms with Crippen molar-refractivity contribution in [2.45, 2.75) is 63.6 Å². The minimum atomic E-state index is -0.942. The molecule has 0 aliphatic carbocycles. The zero-order valence-electron chi connectivity index (χ0n) is 11.8. The van der Waals surface area contributed by atoms with Gasteiger partial charge in [0.05, 0.1) is 6.10 Å². The van der Waals surface area contributed by atoms with E-state index in [2.05, 4.69) is 10.3 Å². The van der Waals surface area contributed by atoms with Crippen molar-refractivity contribution in [1.82, 2.24) is 4.98 Å². The molecule has 0 amide bonds. The maximum Gasteiger partial charge on any atom is 0.183 e. The van der Waals surface area contributed by atoms with E-state index in [1.165, 1.54) is 11.3 Å². The van der Waals surface area contributed by atoms with Crippen LogP contribution in [0, 0.1) is 0 Å². The molecule has 2 saturated heterocycles. The van der Waals surface area contributed by atoms with Gasteiger partial charge in [0.2, 0.25) is 0 Å². The Labute approximate surface area is 122 Å². The normalized spacial score (nSPS) is 39.5. The lowest BCUT2D eigenvalue weighted by atomic mass is 9.95. The highest BCUT2D eigenvalue weighted by atomic mass is 32.1. The molecule has 20 heavy (non-hydrogen) atoms. The lowest BCUT2D eigenvalue weighted by molar-refractivity contribution is -0.215. The molecule has 1 aromatic rings. The Bertz CT molecular complexity index is 453. The van der Waals surface area contributed by atoms with Crippen molar-refractivity contribution in [3.63, 3.8) is 0 Å². The van der Waals surface area contributed by atoms with Gasteiger partial charge in [-0.05, 0) is 20.3 Å². The van der Waals surface area contributed by atoms with Crippen LogP contribution in [0.25, 0.3) is 0 Å². The van der Waals surface area contributed by atoms with Crippen LogP contribution < -0.4 is 5.32 Å². The van der Waals surface area contributed by atoms with Gasteiger partial charge >= 0.3 is 0 Å². The summed E-state index contributed by atoms with van der Waals surface area (Å²) in [5, 5.41) is 16.0. The van der Waals surface area contributed by atoms with Crippen molar-refractivity contribution >= 4 is 16.5 Å². The highest BCUT2D eigenvalue weighted by Gasteiger charge is 2.54. The van der Waals surface area contributed by atoms with Crippen molar-refractivity contribution in [3.8, 4) is 0 Å². The highest BCUT2D eigenvalue weighted by molar-refractivity contribution is 7.13. The zero-order valence-corrected chi connectivity index (χ0v) is 12.6. The minimum absolute atomic E-state index is 0.161. The molecule has 3 rings (SSSR count). The molecule has 5 atom stereocenters. The molecule has 0 bridgehead atoms. The van der Waals surface area contributed by atoms with Gasteiger partial charge < -0.3 is 24.6 Å². The second-order valence-corrected chi connectivity index (χ2v) is 6.44. The molecule has 0 aromatic carbocycles. The van der Waals surface area contributed by atoms with Crippen molar-refractivity contribution in [3.05, 3.63) is 11.6 Å². The SMILES string of the molecule is CC[C@H]1OC(O)[C@H](Nc2nccs2)[C@H]2OC(C)(C)O[C@H]21. The van der Waals surface area contributed by atoms with E-state index in [-0.39, 0.29) is 18.3 Å². The summed E-state index contributed by atoms with van der Waals surface area (Å²) in [6, 6.07) is -0.393. The quantitative estimate of drug-likeness (QED) is 0.883. The largest absolute Gasteiger partial charge is 0.366 e. The van der Waals surface area contributed by atoms with E-state index in [4.69, 9.17) is 14.2 Å². The number of anilines is 1. The van der Waals surface area contributed by atoms with Crippen LogP contribution in [0.15, 0.2) is 11.6 Å². The average molecular weight is 300 g/mol. The van der Waals surface area contributed by atoms with Crippen molar-refractivity contribution in [2.24, 2.45) is 0 Å². The van der Waals surface area contributed by atoms with Gasteiger partial charge in [-0.3, -0.25) is 0 Å². The number of ether oxygens (including phenoxy) is 3. The van der Waals surface area contributed by atoms with E-state index in [1.807, 2.05) is 26.2 Å². The second kappa shape index (κ2) is 5.23. The summed E-state index contributed by atoms with van der Waals surface area (Å²) in [6.07, 6.45) is 0.930. The van der Waals surface area contributed by atoms with Crippen LogP contribution in [-0.4, -0.2) is 46.5 Å². The number of aromatic nitrogens is 1. The minimum Gasteiger partial charge on any atom is -0.366 e. The molecular weight excluding hydrogens is 280 g/mol. The molecule has 2 N–H and O–H groups in total. The fourth-order valence-electron chi connectivity index (χ4n) is 2.81. The number of thiazole rings is 1. The highest BCUT2D eigenvalue weighted by Crippen LogP contribution is 2.38. The molecule has 1 aromatic heterocycles. The molecule has 112 valence electrons. The average Bonchev–Trinajstić information content (AvgIpc) is 2.99. The maximum absolute atomic E-state index is 10.2. The first-order valence-corrected chi connectivity index (χ1v) is 7.73. The Morgan fingerprint density at radius 1 is 1.40 bits per heavy atom. The monoisotopic (exact) mass is 300 g/mol. The maximum atomic E-state index is 10.2. The van der Waals surface area contributed by atoms with Crippen LogP contribution >= 0.6 is 11.3 Å². The number of nitrogens with zero attached hydrogens (tertiary/aromatic N) is 1. The van der Waals surface area contributed by atoms with Gasteiger partial charge in [-0.25, -0.2) is 4.98 Å². The summed E-state index contributed by atoms with van der Waals surface area (Å²) in [7, 11) is 0. The molecule has 0 radical (unpaired) electrons. The number of aliphatic hydroxyl groups excluding tert-OH is 1. The smallest absolute Gasteiger partial charge is 0.183 e. The van der Waals surface area contributed by atoms with Crippen LogP contribution in [0.1, 0.15) is 27.2 Å². The lowest BCUT2D eigenvalue weighted by Gasteiger charge is -2.40. The first-order chi connectivity index (χ1) is 9.50. The van der Waals surface area contributed by atoms with E-state index in [0.717, 1.165) is 11.6 Å². The fourth-order valence-corrected chi connectivity index (χ4v) is 3.38. The predicted octanol–water partition coefficient (Wildman–Crippen LogP) is 1.57. The van der Waals surface area contributed by atoms with E-state index in [9.17, 15) is 5.11 Å². The molecule has 1 unspecified atom stereocenters. The Morgan fingerprint density at radius 2 is 2.15 bits per heavy atom. The standard InChI is InChI=1S/C13H20N2O4S/c1-4-7-9-10(19-13(2,3)18-9)8(11(16)17-7)15-12-14-5-6-20-12/h5-11,16H,4H2,1-3H3,(H,14,15)/t7-,8-,9+,10-,11?/m1/s1. The third-order valence-electron chi connectivity index (χ3n) is 3.63. The Morgan fingerprint density at radius 3 is 2.80 bits per heavy atom. The molecule has 7 heteroatoms. The van der Waals surface area contributed by atoms with Crippen molar-refractivity contribution < 1.29 is 19.3 Å². The van der Waals surface area contributed by atoms with Gasteiger partial charge in [0.25, 0.3) is 0 Å². The number of nitrogens with one attached hydrogen (secondary N) is 1. The molecule has 2 aliphatic rings. The molecule has 6 nitrogen and oxygen atoms in total. The summed E-state index contributed by atoms with van der Waals surface area (Å²) >= 11 is 1.47. The molecule has 0 spiro atoms. The number of hydrogen-bond acceptors (Lipinski definition) is 7. The van der Waals surface area contributed by atoms with Gasteiger partial charge in [0.15, 0.2) is 17.2 Å². The van der Waals surface area contributed by atoms with Crippen LogP contribution in [0.4, 0.5) is 5.13 Å². The van der Waals surface area contributed by atoms with Gasteiger partial charge in [-0.15, -0.1) is 11.3 Å². The topological polar surface area (TPSA) is 72.8 Å². The van der Waals surface area contributed by atoms with Crippen molar-refractivity contribution in [1.29, 1.82) is 0 Å². The van der Waals surface area contributed by atoms with E-state index in [1.54, 1.807) is 6.20 Å². The summed E-state index contributed by atoms with van der Waals surface area (Å²) in [5.41, 5.74) is 0. The Kier molecular flexibility index (Phi) is 3.72. The number of aliphatic hydroxyl groups is 1. The molecule has 2 aliphatic heterocycles. The molecule has 3 heterocycles. The van der Waals surface area contributed by atoms with Gasteiger partial charge in [-0.1, -0.05) is 6.92 Å². The number of hydrogen-bond donors (Lipinski definition) is 2. The molecular formula is C13H20N2O4S. The number of rotatable bonds is 3. The van der Waals surface area contributed by atoms with Crippen LogP contribution in [0.3, 0.4) is 0 Å². The van der Waals surface area contributed by atoms with E-state index >= 15 is 0 Å². The van der Waals surface area contributed by atoms with E-state index < -0.39 is 18.1 Å². The lowest BCUT2D eigenvalue weighted by Crippen LogP contribution is -2.58. The summed E-state index contributed by atoms with van der Waals surface area (Å²) in [4.78, 5) is 4.18. The summed E-state index contributed by atoms with van der Waals surface area (Å²) in [6.45, 7) is 5.77. The number of fused-ring (bicyclic) bond motifs is 1. The van der Waals surface area contributed by atoms with Crippen LogP contribution in [-0.2, 0) is 14.2 Å². The van der Waals surface area contributed by atoms with Gasteiger partial charge in [0.1, 0.15) is 18.2 Å². The van der Waals surface area contributed by atoms with Gasteiger partial charge in [0, 0.05) is 11.6 Å². The molecule has 2 fully saturated rings. The second-order valence-electron chi connectivity index (χ2n) is 5.55. The Hall–Kier alpha value is -0.730. The zero-order chi connectivity index (χ0) is 14.3. The van der Waals surface area contributed by atoms with Crippen molar-refractivity contribution in [2.75, 3.05) is 5.32 Å². The van der Waals surface area contributed by atoms with Crippen LogP contribution in [0.2, 0.25) is 0 Å². The third kappa shape index (κ3) is 2.56.